The molecule has 0 saturated heterocycles. The van der Waals surface area contributed by atoms with Crippen molar-refractivity contribution in [1.82, 2.24) is 15.2 Å². The van der Waals surface area contributed by atoms with Crippen LogP contribution < -0.4 is 4.90 Å². The van der Waals surface area contributed by atoms with E-state index in [1.54, 1.807) is 4.90 Å². The van der Waals surface area contributed by atoms with E-state index in [1.807, 2.05) is 67.6 Å². The third-order valence-electron chi connectivity index (χ3n) is 3.99. The van der Waals surface area contributed by atoms with Gasteiger partial charge in [-0.05, 0) is 37.1 Å². The van der Waals surface area contributed by atoms with Crippen LogP contribution in [0.4, 0.5) is 11.4 Å². The molecule has 0 bridgehead atoms. The molecule has 1 atom stereocenters. The largest absolute Gasteiger partial charge is 0.280 e. The Hall–Kier alpha value is -2.60. The van der Waals surface area contributed by atoms with Gasteiger partial charge in [0.2, 0.25) is 11.1 Å². The van der Waals surface area contributed by atoms with Crippen LogP contribution in [0.15, 0.2) is 65.8 Å². The molecular weight excluding hydrogens is 356 g/mol. The predicted molar refractivity (Wildman–Crippen MR) is 110 cm³/mol. The van der Waals surface area contributed by atoms with Crippen LogP contribution in [0.2, 0.25) is 0 Å². The van der Waals surface area contributed by atoms with Gasteiger partial charge in [-0.2, -0.15) is 0 Å². The Bertz CT molecular complexity index is 825. The number of amides is 1. The van der Waals surface area contributed by atoms with Gasteiger partial charge in [-0.25, -0.2) is 4.98 Å². The Labute approximate surface area is 164 Å². The van der Waals surface area contributed by atoms with Gasteiger partial charge in [-0.15, -0.1) is 5.10 Å². The number of carbonyl (C=O) groups is 1. The smallest absolute Gasteiger partial charge is 0.244 e. The second kappa shape index (κ2) is 8.86. The summed E-state index contributed by atoms with van der Waals surface area (Å²) in [7, 11) is 0. The molecule has 0 saturated carbocycles. The number of hydrogen-bond acceptors (Lipinski definition) is 4. The highest BCUT2D eigenvalue weighted by atomic mass is 32.2. The van der Waals surface area contributed by atoms with Gasteiger partial charge in [-0.1, -0.05) is 62.0 Å². The minimum atomic E-state index is -0.326. The lowest BCUT2D eigenvalue weighted by Gasteiger charge is -2.25. The van der Waals surface area contributed by atoms with E-state index in [1.165, 1.54) is 11.8 Å². The summed E-state index contributed by atoms with van der Waals surface area (Å²) in [6.07, 6.45) is 0.843. The van der Waals surface area contributed by atoms with Crippen molar-refractivity contribution in [3.05, 3.63) is 66.5 Å². The van der Waals surface area contributed by atoms with Crippen LogP contribution in [0.5, 0.6) is 0 Å². The molecule has 3 aromatic rings. The molecule has 1 aromatic heterocycles. The number of thioether (sulfide) groups is 1. The van der Waals surface area contributed by atoms with Crippen molar-refractivity contribution in [3.63, 3.8) is 0 Å². The number of carbonyl (C=O) groups excluding carboxylic acids is 1. The number of aromatic amines is 1. The summed E-state index contributed by atoms with van der Waals surface area (Å²) in [5, 5.41) is 7.50. The van der Waals surface area contributed by atoms with E-state index in [2.05, 4.69) is 29.0 Å². The lowest BCUT2D eigenvalue weighted by Crippen LogP contribution is -2.32. The molecular formula is C21H24N4OS. The fourth-order valence-electron chi connectivity index (χ4n) is 2.76. The van der Waals surface area contributed by atoms with Gasteiger partial charge in [0.1, 0.15) is 5.82 Å². The Kier molecular flexibility index (Phi) is 6.29. The van der Waals surface area contributed by atoms with E-state index in [-0.39, 0.29) is 11.2 Å². The molecule has 6 heteroatoms. The van der Waals surface area contributed by atoms with Gasteiger partial charge in [0.15, 0.2) is 0 Å². The monoisotopic (exact) mass is 380 g/mol. The summed E-state index contributed by atoms with van der Waals surface area (Å²) in [5.41, 5.74) is 1.69. The number of rotatable bonds is 7. The fourth-order valence-corrected chi connectivity index (χ4v) is 3.54. The number of nitrogens with zero attached hydrogens (tertiary/aromatic N) is 3. The molecule has 3 rings (SSSR count). The number of anilines is 2. The van der Waals surface area contributed by atoms with Crippen molar-refractivity contribution in [3.8, 4) is 0 Å². The minimum absolute atomic E-state index is 0.00684. The van der Waals surface area contributed by atoms with Crippen molar-refractivity contribution < 1.29 is 4.79 Å². The Balaban J connectivity index is 1.80. The van der Waals surface area contributed by atoms with Crippen LogP contribution in [0.1, 0.15) is 26.6 Å². The zero-order valence-electron chi connectivity index (χ0n) is 15.8. The summed E-state index contributed by atoms with van der Waals surface area (Å²) in [6.45, 7) is 6.17. The maximum Gasteiger partial charge on any atom is 0.244 e. The highest BCUT2D eigenvalue weighted by molar-refractivity contribution is 8.00. The van der Waals surface area contributed by atoms with Crippen LogP contribution in [-0.2, 0) is 11.2 Å². The zero-order chi connectivity index (χ0) is 19.2. The number of benzene rings is 2. The number of nitrogens with one attached hydrogen (secondary N) is 1. The van der Waals surface area contributed by atoms with Crippen molar-refractivity contribution in [1.29, 1.82) is 0 Å². The van der Waals surface area contributed by atoms with Crippen LogP contribution >= 0.6 is 11.8 Å². The zero-order valence-corrected chi connectivity index (χ0v) is 16.6. The maximum absolute atomic E-state index is 13.3. The van der Waals surface area contributed by atoms with Crippen LogP contribution in [0.25, 0.3) is 0 Å². The normalized spacial score (nSPS) is 12.1. The van der Waals surface area contributed by atoms with Crippen LogP contribution in [-0.4, -0.2) is 26.3 Å². The lowest BCUT2D eigenvalue weighted by atomic mass is 10.1. The molecule has 0 radical (unpaired) electrons. The summed E-state index contributed by atoms with van der Waals surface area (Å²) in [5.74, 6) is 1.35. The first kappa shape index (κ1) is 19.2. The van der Waals surface area contributed by atoms with E-state index in [0.717, 1.165) is 23.6 Å². The van der Waals surface area contributed by atoms with E-state index in [4.69, 9.17) is 0 Å². The molecule has 0 fully saturated rings. The molecule has 140 valence electrons. The van der Waals surface area contributed by atoms with Gasteiger partial charge in [-0.3, -0.25) is 14.8 Å². The van der Waals surface area contributed by atoms with Gasteiger partial charge < -0.3 is 0 Å². The Morgan fingerprint density at radius 1 is 1.00 bits per heavy atom. The van der Waals surface area contributed by atoms with Crippen molar-refractivity contribution in [2.45, 2.75) is 37.6 Å². The second-order valence-corrected chi connectivity index (χ2v) is 8.08. The molecule has 1 N–H and O–H groups in total. The first-order valence-corrected chi connectivity index (χ1v) is 9.94. The number of para-hydroxylation sites is 2. The molecule has 0 spiro atoms. The Morgan fingerprint density at radius 3 is 2.07 bits per heavy atom. The van der Waals surface area contributed by atoms with Gasteiger partial charge in [0.05, 0.1) is 5.25 Å². The van der Waals surface area contributed by atoms with Crippen molar-refractivity contribution in [2.75, 3.05) is 4.90 Å². The highest BCUT2D eigenvalue weighted by Gasteiger charge is 2.25. The van der Waals surface area contributed by atoms with Crippen LogP contribution in [0, 0.1) is 5.92 Å². The number of aromatic nitrogens is 3. The summed E-state index contributed by atoms with van der Waals surface area (Å²) >= 11 is 1.37. The third-order valence-corrected chi connectivity index (χ3v) is 4.94. The first-order chi connectivity index (χ1) is 13.0. The highest BCUT2D eigenvalue weighted by Crippen LogP contribution is 2.30. The lowest BCUT2D eigenvalue weighted by molar-refractivity contribution is -0.117. The summed E-state index contributed by atoms with van der Waals surface area (Å²) in [4.78, 5) is 19.5. The van der Waals surface area contributed by atoms with E-state index >= 15 is 0 Å². The first-order valence-electron chi connectivity index (χ1n) is 9.06. The molecule has 0 unspecified atom stereocenters. The average molecular weight is 381 g/mol. The molecule has 0 aliphatic carbocycles. The second-order valence-electron chi connectivity index (χ2n) is 6.77. The summed E-state index contributed by atoms with van der Waals surface area (Å²) in [6, 6.07) is 19.4. The molecule has 1 amide bonds. The molecule has 1 heterocycles. The van der Waals surface area contributed by atoms with Crippen molar-refractivity contribution >= 4 is 29.0 Å². The molecule has 5 nitrogen and oxygen atoms in total. The molecule has 0 aliphatic heterocycles. The van der Waals surface area contributed by atoms with E-state index < -0.39 is 0 Å². The average Bonchev–Trinajstić information content (AvgIpc) is 3.09. The quantitative estimate of drug-likeness (QED) is 0.595. The number of H-pyrrole nitrogens is 1. The Morgan fingerprint density at radius 2 is 1.56 bits per heavy atom. The fraction of sp³-hybridized carbons (Fsp3) is 0.286. The minimum Gasteiger partial charge on any atom is -0.280 e. The van der Waals surface area contributed by atoms with Gasteiger partial charge >= 0.3 is 0 Å². The molecule has 27 heavy (non-hydrogen) atoms. The van der Waals surface area contributed by atoms with E-state index in [0.29, 0.717) is 11.1 Å². The van der Waals surface area contributed by atoms with Crippen LogP contribution in [0.3, 0.4) is 0 Å². The standard InChI is InChI=1S/C21H24N4OS/c1-15(2)14-19-22-21(24-23-19)27-16(3)20(26)25(17-10-6-4-7-11-17)18-12-8-5-9-13-18/h4-13,15-16H,14H2,1-3H3,(H,22,23,24)/t16-/m0/s1. The SMILES string of the molecule is CC(C)Cc1nc(S[C@@H](C)C(=O)N(c2ccccc2)c2ccccc2)n[nH]1. The summed E-state index contributed by atoms with van der Waals surface area (Å²) < 4.78 is 0. The topological polar surface area (TPSA) is 61.9 Å². The maximum atomic E-state index is 13.3. The van der Waals surface area contributed by atoms with E-state index in [9.17, 15) is 4.79 Å². The predicted octanol–water partition coefficient (Wildman–Crippen LogP) is 4.85. The molecule has 2 aromatic carbocycles. The third kappa shape index (κ3) is 4.98. The van der Waals surface area contributed by atoms with Gasteiger partial charge in [0, 0.05) is 17.8 Å². The van der Waals surface area contributed by atoms with Crippen molar-refractivity contribution in [2.24, 2.45) is 5.92 Å². The molecule has 0 aliphatic rings. The van der Waals surface area contributed by atoms with Gasteiger partial charge in [0.25, 0.3) is 0 Å². The number of hydrogen-bond donors (Lipinski definition) is 1.